The third kappa shape index (κ3) is 5.27. The smallest absolute Gasteiger partial charge is 0.161 e. The molecule has 3 nitrogen and oxygen atoms in total. The molecule has 0 N–H and O–H groups in total. The fourth-order valence-corrected chi connectivity index (χ4v) is 1.79. The van der Waals surface area contributed by atoms with Crippen molar-refractivity contribution in [3.05, 3.63) is 23.8 Å². The number of rotatable bonds is 8. The molecule has 0 aliphatic carbocycles. The van der Waals surface area contributed by atoms with E-state index in [1.165, 1.54) is 0 Å². The zero-order chi connectivity index (χ0) is 13.4. The molecule has 1 aromatic carbocycles. The molecule has 0 bridgehead atoms. The summed E-state index contributed by atoms with van der Waals surface area (Å²) in [5, 5.41) is 0.807. The van der Waals surface area contributed by atoms with Crippen molar-refractivity contribution in [3.8, 4) is 11.5 Å². The second kappa shape index (κ2) is 8.38. The maximum Gasteiger partial charge on any atom is 0.161 e. The van der Waals surface area contributed by atoms with Crippen molar-refractivity contribution in [1.29, 1.82) is 0 Å². The normalized spacial score (nSPS) is 10.7. The van der Waals surface area contributed by atoms with Crippen molar-refractivity contribution < 1.29 is 14.2 Å². The van der Waals surface area contributed by atoms with E-state index >= 15 is 0 Å². The van der Waals surface area contributed by atoms with Gasteiger partial charge in [-0.2, -0.15) is 0 Å². The van der Waals surface area contributed by atoms with Crippen LogP contribution >= 0.6 is 15.9 Å². The summed E-state index contributed by atoms with van der Waals surface area (Å²) in [6, 6.07) is 5.92. The summed E-state index contributed by atoms with van der Waals surface area (Å²) in [5.74, 6) is 2.07. The maximum absolute atomic E-state index is 5.64. The predicted molar refractivity (Wildman–Crippen MR) is 76.8 cm³/mol. The highest BCUT2D eigenvalue weighted by atomic mass is 79.9. The van der Waals surface area contributed by atoms with Gasteiger partial charge in [0.1, 0.15) is 6.61 Å². The first-order valence-corrected chi connectivity index (χ1v) is 7.23. The van der Waals surface area contributed by atoms with Gasteiger partial charge in [0.15, 0.2) is 11.5 Å². The summed E-state index contributed by atoms with van der Waals surface area (Å²) in [6.07, 6.45) is 0. The maximum atomic E-state index is 5.64. The molecule has 0 aliphatic rings. The lowest BCUT2D eigenvalue weighted by Gasteiger charge is -2.12. The molecule has 1 aromatic rings. The SMILES string of the molecule is COc1cc(CBr)ccc1OCCOCC(C)C. The minimum Gasteiger partial charge on any atom is -0.493 e. The van der Waals surface area contributed by atoms with Crippen LogP contribution in [0.3, 0.4) is 0 Å². The molecule has 0 radical (unpaired) electrons. The largest absolute Gasteiger partial charge is 0.493 e. The fraction of sp³-hybridized carbons (Fsp3) is 0.571. The number of benzene rings is 1. The van der Waals surface area contributed by atoms with Gasteiger partial charge in [-0.05, 0) is 23.6 Å². The van der Waals surface area contributed by atoms with Gasteiger partial charge in [0.25, 0.3) is 0 Å². The second-order valence-electron chi connectivity index (χ2n) is 4.44. The molecule has 0 saturated heterocycles. The Morgan fingerprint density at radius 1 is 1.17 bits per heavy atom. The Morgan fingerprint density at radius 2 is 1.94 bits per heavy atom. The number of ether oxygens (including phenoxy) is 3. The lowest BCUT2D eigenvalue weighted by atomic mass is 10.2. The van der Waals surface area contributed by atoms with Crippen LogP contribution in [0, 0.1) is 5.92 Å². The summed E-state index contributed by atoms with van der Waals surface area (Å²) < 4.78 is 16.4. The molecule has 0 fully saturated rings. The van der Waals surface area contributed by atoms with E-state index in [1.807, 2.05) is 18.2 Å². The standard InChI is InChI=1S/C14H21BrO3/c1-11(2)10-17-6-7-18-13-5-4-12(9-15)8-14(13)16-3/h4-5,8,11H,6-7,9-10H2,1-3H3. The molecule has 1 rings (SSSR count). The predicted octanol–water partition coefficient (Wildman–Crippen LogP) is 3.64. The van der Waals surface area contributed by atoms with Gasteiger partial charge in [-0.1, -0.05) is 35.8 Å². The minimum absolute atomic E-state index is 0.538. The molecular formula is C14H21BrO3. The monoisotopic (exact) mass is 316 g/mol. The van der Waals surface area contributed by atoms with Crippen LogP contribution in [0.2, 0.25) is 0 Å². The van der Waals surface area contributed by atoms with Crippen LogP contribution in [0.1, 0.15) is 19.4 Å². The van der Waals surface area contributed by atoms with Gasteiger partial charge in [0, 0.05) is 11.9 Å². The van der Waals surface area contributed by atoms with Crippen LogP contribution in [-0.4, -0.2) is 26.9 Å². The second-order valence-corrected chi connectivity index (χ2v) is 5.00. The fourth-order valence-electron chi connectivity index (χ4n) is 1.44. The van der Waals surface area contributed by atoms with Crippen LogP contribution in [-0.2, 0) is 10.1 Å². The van der Waals surface area contributed by atoms with Crippen molar-refractivity contribution in [3.63, 3.8) is 0 Å². The molecule has 4 heteroatoms. The molecule has 0 saturated carbocycles. The highest BCUT2D eigenvalue weighted by molar-refractivity contribution is 9.08. The molecule has 102 valence electrons. The quantitative estimate of drug-likeness (QED) is 0.541. The van der Waals surface area contributed by atoms with Crippen molar-refractivity contribution in [2.45, 2.75) is 19.2 Å². The molecule has 0 unspecified atom stereocenters. The average Bonchev–Trinajstić information content (AvgIpc) is 2.38. The van der Waals surface area contributed by atoms with Crippen molar-refractivity contribution in [2.75, 3.05) is 26.9 Å². The number of halogens is 1. The van der Waals surface area contributed by atoms with Gasteiger partial charge < -0.3 is 14.2 Å². The van der Waals surface area contributed by atoms with Crippen LogP contribution < -0.4 is 9.47 Å². The Morgan fingerprint density at radius 3 is 2.56 bits per heavy atom. The van der Waals surface area contributed by atoms with Crippen LogP contribution in [0.5, 0.6) is 11.5 Å². The van der Waals surface area contributed by atoms with Gasteiger partial charge in [-0.15, -0.1) is 0 Å². The van der Waals surface area contributed by atoms with E-state index < -0.39 is 0 Å². The van der Waals surface area contributed by atoms with Crippen molar-refractivity contribution >= 4 is 15.9 Å². The van der Waals surface area contributed by atoms with E-state index in [0.717, 1.165) is 29.0 Å². The number of hydrogen-bond donors (Lipinski definition) is 0. The van der Waals surface area contributed by atoms with E-state index in [9.17, 15) is 0 Å². The highest BCUT2D eigenvalue weighted by Gasteiger charge is 2.05. The van der Waals surface area contributed by atoms with E-state index in [1.54, 1.807) is 7.11 Å². The number of methoxy groups -OCH3 is 1. The lowest BCUT2D eigenvalue weighted by Crippen LogP contribution is -2.10. The van der Waals surface area contributed by atoms with Gasteiger partial charge >= 0.3 is 0 Å². The summed E-state index contributed by atoms with van der Waals surface area (Å²) >= 11 is 3.42. The van der Waals surface area contributed by atoms with Gasteiger partial charge in [-0.3, -0.25) is 0 Å². The Bertz CT molecular complexity index is 353. The van der Waals surface area contributed by atoms with Crippen molar-refractivity contribution in [1.82, 2.24) is 0 Å². The van der Waals surface area contributed by atoms with Gasteiger partial charge in [0.2, 0.25) is 0 Å². The van der Waals surface area contributed by atoms with Gasteiger partial charge in [-0.25, -0.2) is 0 Å². The molecule has 18 heavy (non-hydrogen) atoms. The van der Waals surface area contributed by atoms with E-state index in [-0.39, 0.29) is 0 Å². The first-order chi connectivity index (χ1) is 8.67. The molecule has 0 aromatic heterocycles. The molecule has 0 atom stereocenters. The Labute approximate surface area is 118 Å². The molecule has 0 amide bonds. The van der Waals surface area contributed by atoms with Gasteiger partial charge in [0.05, 0.1) is 13.7 Å². The summed E-state index contributed by atoms with van der Waals surface area (Å²) in [7, 11) is 1.65. The number of hydrogen-bond acceptors (Lipinski definition) is 3. The number of alkyl halides is 1. The third-order valence-electron chi connectivity index (χ3n) is 2.32. The molecule has 0 spiro atoms. The lowest BCUT2D eigenvalue weighted by molar-refractivity contribution is 0.0811. The minimum atomic E-state index is 0.538. The summed E-state index contributed by atoms with van der Waals surface area (Å²) in [4.78, 5) is 0. The Hall–Kier alpha value is -0.740. The zero-order valence-corrected chi connectivity index (χ0v) is 12.8. The van der Waals surface area contributed by atoms with Crippen LogP contribution in [0.25, 0.3) is 0 Å². The van der Waals surface area contributed by atoms with E-state index in [4.69, 9.17) is 14.2 Å². The Kier molecular flexibility index (Phi) is 7.13. The average molecular weight is 317 g/mol. The summed E-state index contributed by atoms with van der Waals surface area (Å²) in [5.41, 5.74) is 1.16. The van der Waals surface area contributed by atoms with Crippen molar-refractivity contribution in [2.24, 2.45) is 5.92 Å². The summed E-state index contributed by atoms with van der Waals surface area (Å²) in [6.45, 7) is 6.16. The zero-order valence-electron chi connectivity index (χ0n) is 11.2. The van der Waals surface area contributed by atoms with E-state index in [0.29, 0.717) is 19.1 Å². The Balaban J connectivity index is 2.41. The van der Waals surface area contributed by atoms with E-state index in [2.05, 4.69) is 29.8 Å². The first kappa shape index (κ1) is 15.3. The van der Waals surface area contributed by atoms with Crippen LogP contribution in [0.15, 0.2) is 18.2 Å². The topological polar surface area (TPSA) is 27.7 Å². The van der Waals surface area contributed by atoms with Crippen LogP contribution in [0.4, 0.5) is 0 Å². The molecular weight excluding hydrogens is 296 g/mol. The third-order valence-corrected chi connectivity index (χ3v) is 2.97. The molecule has 0 aliphatic heterocycles. The highest BCUT2D eigenvalue weighted by Crippen LogP contribution is 2.28. The molecule has 0 heterocycles. The first-order valence-electron chi connectivity index (χ1n) is 6.10.